The minimum Gasteiger partial charge on any atom is -0.355 e. The zero-order valence-electron chi connectivity index (χ0n) is 10.9. The molecule has 2 N–H and O–H groups in total. The third-order valence-electron chi connectivity index (χ3n) is 3.25. The Bertz CT molecular complexity index is 481. The Morgan fingerprint density at radius 1 is 1.56 bits per heavy atom. The van der Waals surface area contributed by atoms with Crippen LogP contribution in [-0.4, -0.2) is 18.4 Å². The summed E-state index contributed by atoms with van der Waals surface area (Å²) >= 11 is 1.74. The second-order valence-electron chi connectivity index (χ2n) is 4.80. The van der Waals surface area contributed by atoms with Gasteiger partial charge >= 0.3 is 0 Å². The van der Waals surface area contributed by atoms with E-state index in [1.54, 1.807) is 11.3 Å². The molecule has 1 aliphatic heterocycles. The van der Waals surface area contributed by atoms with E-state index in [0.29, 0.717) is 13.0 Å². The summed E-state index contributed by atoms with van der Waals surface area (Å²) in [7, 11) is 0. The first kappa shape index (κ1) is 13.1. The number of carbonyl (C=O) groups is 2. The highest BCUT2D eigenvalue weighted by Crippen LogP contribution is 2.26. The highest BCUT2D eigenvalue weighted by Gasteiger charge is 2.29. The highest BCUT2D eigenvalue weighted by molar-refractivity contribution is 7.12. The molecular weight excluding hydrogens is 248 g/mol. The van der Waals surface area contributed by atoms with Crippen molar-refractivity contribution in [3.05, 3.63) is 21.4 Å². The first-order chi connectivity index (χ1) is 8.47. The van der Waals surface area contributed by atoms with Gasteiger partial charge < -0.3 is 10.6 Å². The number of hydrogen-bond acceptors (Lipinski definition) is 3. The molecule has 2 rings (SSSR count). The Labute approximate surface area is 111 Å². The van der Waals surface area contributed by atoms with Crippen molar-refractivity contribution in [2.24, 2.45) is 5.92 Å². The first-order valence-electron chi connectivity index (χ1n) is 6.11. The van der Waals surface area contributed by atoms with Gasteiger partial charge in [0.25, 0.3) is 0 Å². The summed E-state index contributed by atoms with van der Waals surface area (Å²) in [6.07, 6.45) is 0.306. The summed E-state index contributed by atoms with van der Waals surface area (Å²) in [4.78, 5) is 25.6. The summed E-state index contributed by atoms with van der Waals surface area (Å²) in [5.41, 5.74) is 1.17. The van der Waals surface area contributed by atoms with Crippen LogP contribution < -0.4 is 10.6 Å². The van der Waals surface area contributed by atoms with Crippen LogP contribution in [0.1, 0.15) is 34.7 Å². The maximum Gasteiger partial charge on any atom is 0.225 e. The molecule has 0 saturated carbocycles. The van der Waals surface area contributed by atoms with Crippen molar-refractivity contribution in [3.8, 4) is 0 Å². The van der Waals surface area contributed by atoms with Gasteiger partial charge in [0, 0.05) is 22.7 Å². The van der Waals surface area contributed by atoms with Crippen molar-refractivity contribution in [2.75, 3.05) is 6.54 Å². The zero-order valence-corrected chi connectivity index (χ0v) is 11.7. The van der Waals surface area contributed by atoms with Gasteiger partial charge in [0.05, 0.1) is 12.0 Å². The lowest BCUT2D eigenvalue weighted by atomic mass is 10.1. The summed E-state index contributed by atoms with van der Waals surface area (Å²) < 4.78 is 0. The molecule has 1 fully saturated rings. The van der Waals surface area contributed by atoms with E-state index < -0.39 is 0 Å². The van der Waals surface area contributed by atoms with Crippen LogP contribution in [0.2, 0.25) is 0 Å². The van der Waals surface area contributed by atoms with Crippen LogP contribution in [0.3, 0.4) is 0 Å². The lowest BCUT2D eigenvalue weighted by molar-refractivity contribution is -0.127. The summed E-state index contributed by atoms with van der Waals surface area (Å²) in [5.74, 6) is -0.297. The zero-order chi connectivity index (χ0) is 13.3. The van der Waals surface area contributed by atoms with Gasteiger partial charge in [0.1, 0.15) is 0 Å². The molecule has 1 aromatic heterocycles. The third-order valence-corrected chi connectivity index (χ3v) is 4.23. The number of hydrogen-bond donors (Lipinski definition) is 2. The molecule has 0 aliphatic carbocycles. The van der Waals surface area contributed by atoms with Crippen LogP contribution in [0.5, 0.6) is 0 Å². The van der Waals surface area contributed by atoms with Gasteiger partial charge in [-0.1, -0.05) is 0 Å². The number of nitrogens with one attached hydrogen (secondary N) is 2. The van der Waals surface area contributed by atoms with E-state index in [9.17, 15) is 9.59 Å². The molecule has 1 aromatic rings. The largest absolute Gasteiger partial charge is 0.355 e. The second-order valence-corrected chi connectivity index (χ2v) is 6.26. The Hall–Kier alpha value is -1.36. The van der Waals surface area contributed by atoms with Crippen LogP contribution in [0, 0.1) is 19.8 Å². The molecule has 0 radical (unpaired) electrons. The number of carbonyl (C=O) groups excluding carboxylic acids is 2. The molecule has 98 valence electrons. The molecule has 0 spiro atoms. The molecule has 0 aromatic carbocycles. The van der Waals surface area contributed by atoms with E-state index in [1.165, 1.54) is 15.3 Å². The number of amides is 2. The third kappa shape index (κ3) is 2.72. The van der Waals surface area contributed by atoms with Crippen LogP contribution in [0.15, 0.2) is 6.07 Å². The van der Waals surface area contributed by atoms with Gasteiger partial charge in [-0.2, -0.15) is 0 Å². The van der Waals surface area contributed by atoms with E-state index in [0.717, 1.165) is 0 Å². The summed E-state index contributed by atoms with van der Waals surface area (Å²) in [5, 5.41) is 5.67. The topological polar surface area (TPSA) is 58.2 Å². The first-order valence-corrected chi connectivity index (χ1v) is 6.93. The van der Waals surface area contributed by atoms with Gasteiger partial charge in [0.15, 0.2) is 0 Å². The Balaban J connectivity index is 1.99. The van der Waals surface area contributed by atoms with Crippen LogP contribution in [0.25, 0.3) is 0 Å². The molecule has 2 amide bonds. The number of rotatable bonds is 3. The molecule has 1 aliphatic rings. The minimum absolute atomic E-state index is 0.00171. The van der Waals surface area contributed by atoms with Crippen molar-refractivity contribution in [1.82, 2.24) is 10.6 Å². The molecule has 5 heteroatoms. The quantitative estimate of drug-likeness (QED) is 0.874. The molecular formula is C13H18N2O2S. The average molecular weight is 266 g/mol. The van der Waals surface area contributed by atoms with Crippen molar-refractivity contribution in [2.45, 2.75) is 33.2 Å². The van der Waals surface area contributed by atoms with Crippen molar-refractivity contribution in [3.63, 3.8) is 0 Å². The van der Waals surface area contributed by atoms with Gasteiger partial charge in [-0.3, -0.25) is 9.59 Å². The van der Waals surface area contributed by atoms with Gasteiger partial charge in [-0.05, 0) is 32.4 Å². The molecule has 18 heavy (non-hydrogen) atoms. The smallest absolute Gasteiger partial charge is 0.225 e. The van der Waals surface area contributed by atoms with E-state index in [-0.39, 0.29) is 23.8 Å². The Kier molecular flexibility index (Phi) is 3.71. The molecule has 0 bridgehead atoms. The molecule has 0 unspecified atom stereocenters. The maximum absolute atomic E-state index is 12.0. The van der Waals surface area contributed by atoms with Gasteiger partial charge in [-0.25, -0.2) is 0 Å². The molecule has 1 saturated heterocycles. The second kappa shape index (κ2) is 5.10. The Morgan fingerprint density at radius 2 is 2.28 bits per heavy atom. The highest BCUT2D eigenvalue weighted by atomic mass is 32.1. The molecule has 4 nitrogen and oxygen atoms in total. The fourth-order valence-corrected chi connectivity index (χ4v) is 3.30. The van der Waals surface area contributed by atoms with E-state index >= 15 is 0 Å². The van der Waals surface area contributed by atoms with Gasteiger partial charge in [0.2, 0.25) is 11.8 Å². The Morgan fingerprint density at radius 3 is 2.78 bits per heavy atom. The van der Waals surface area contributed by atoms with E-state index in [4.69, 9.17) is 0 Å². The standard InChI is InChI=1S/C13H18N2O2S/c1-7-4-11(9(3)18-7)8(2)15-13(17)10-5-12(16)14-6-10/h4,8,10H,5-6H2,1-3H3,(H,14,16)(H,15,17)/t8-,10+/m1/s1. The lowest BCUT2D eigenvalue weighted by Gasteiger charge is -2.16. The molecule has 2 heterocycles. The number of aryl methyl sites for hydroxylation is 2. The van der Waals surface area contributed by atoms with Crippen molar-refractivity contribution >= 4 is 23.2 Å². The lowest BCUT2D eigenvalue weighted by Crippen LogP contribution is -2.33. The minimum atomic E-state index is -0.222. The molecule has 2 atom stereocenters. The van der Waals surface area contributed by atoms with E-state index in [2.05, 4.69) is 30.5 Å². The van der Waals surface area contributed by atoms with Gasteiger partial charge in [-0.15, -0.1) is 11.3 Å². The maximum atomic E-state index is 12.0. The summed E-state index contributed by atoms with van der Waals surface area (Å²) in [6, 6.07) is 2.11. The van der Waals surface area contributed by atoms with Crippen molar-refractivity contribution in [1.29, 1.82) is 0 Å². The van der Waals surface area contributed by atoms with Crippen molar-refractivity contribution < 1.29 is 9.59 Å². The fraction of sp³-hybridized carbons (Fsp3) is 0.538. The normalized spacial score (nSPS) is 20.6. The SMILES string of the molecule is Cc1cc([C@@H](C)NC(=O)[C@@H]2CNC(=O)C2)c(C)s1. The number of thiophene rings is 1. The fourth-order valence-electron chi connectivity index (χ4n) is 2.28. The van der Waals surface area contributed by atoms with E-state index in [1.807, 2.05) is 6.92 Å². The predicted octanol–water partition coefficient (Wildman–Crippen LogP) is 1.68. The monoisotopic (exact) mass is 266 g/mol. The van der Waals surface area contributed by atoms with Crippen LogP contribution in [-0.2, 0) is 9.59 Å². The summed E-state index contributed by atoms with van der Waals surface area (Å²) in [6.45, 7) is 6.57. The van der Waals surface area contributed by atoms with Crippen LogP contribution in [0.4, 0.5) is 0 Å². The van der Waals surface area contributed by atoms with Crippen LogP contribution >= 0.6 is 11.3 Å². The average Bonchev–Trinajstić information content (AvgIpc) is 2.84. The predicted molar refractivity (Wildman–Crippen MR) is 71.5 cm³/mol.